The van der Waals surface area contributed by atoms with Crippen molar-refractivity contribution in [2.75, 3.05) is 0 Å². The lowest BCUT2D eigenvalue weighted by Gasteiger charge is -2.11. The molecule has 0 aliphatic rings. The Morgan fingerprint density at radius 3 is 2.69 bits per heavy atom. The van der Waals surface area contributed by atoms with Crippen molar-refractivity contribution >= 4 is 17.8 Å². The summed E-state index contributed by atoms with van der Waals surface area (Å²) in [6.07, 6.45) is 2.08. The molecule has 0 aliphatic heterocycles. The summed E-state index contributed by atoms with van der Waals surface area (Å²) in [7, 11) is 0. The number of carbonyl (C=O) groups excluding carboxylic acids is 2. The Balaban J connectivity index is 2.65. The molecule has 0 radical (unpaired) electrons. The van der Waals surface area contributed by atoms with Crippen LogP contribution < -0.4 is 11.1 Å². The fraction of sp³-hybridized carbons (Fsp3) is 0.250. The predicted molar refractivity (Wildman–Crippen MR) is 51.3 cm³/mol. The number of amides is 2. The van der Waals surface area contributed by atoms with E-state index in [4.69, 9.17) is 10.8 Å². The predicted octanol–water partition coefficient (Wildman–Crippen LogP) is -1.53. The van der Waals surface area contributed by atoms with Gasteiger partial charge in [-0.25, -0.2) is 4.79 Å². The highest BCUT2D eigenvalue weighted by Crippen LogP contribution is 1.97. The standard InChI is InChI=1S/C8H10N4O4/c9-6(13)1-5(8(15)16)12-7(14)4-2-10-11-3-4/h2-3,5H,1H2,(H2,9,13)(H,10,11)(H,12,14)(H,15,16)/t5-/m1/s1. The van der Waals surface area contributed by atoms with Gasteiger partial charge in [0.2, 0.25) is 5.91 Å². The van der Waals surface area contributed by atoms with Crippen LogP contribution in [0.25, 0.3) is 0 Å². The number of carbonyl (C=O) groups is 3. The fourth-order valence-corrected chi connectivity index (χ4v) is 1.02. The molecule has 1 rings (SSSR count). The number of H-pyrrole nitrogens is 1. The van der Waals surface area contributed by atoms with Crippen LogP contribution in [0.1, 0.15) is 16.8 Å². The van der Waals surface area contributed by atoms with E-state index in [1.54, 1.807) is 0 Å². The summed E-state index contributed by atoms with van der Waals surface area (Å²) in [5.74, 6) is -2.77. The van der Waals surface area contributed by atoms with Gasteiger partial charge >= 0.3 is 5.97 Å². The highest BCUT2D eigenvalue weighted by molar-refractivity contribution is 5.97. The number of aromatic amines is 1. The maximum absolute atomic E-state index is 11.4. The fourth-order valence-electron chi connectivity index (χ4n) is 1.02. The van der Waals surface area contributed by atoms with Gasteiger partial charge < -0.3 is 16.2 Å². The first-order chi connectivity index (χ1) is 7.50. The molecule has 8 nitrogen and oxygen atoms in total. The third-order valence-electron chi connectivity index (χ3n) is 1.77. The molecule has 1 heterocycles. The molecule has 0 spiro atoms. The van der Waals surface area contributed by atoms with Crippen molar-refractivity contribution in [1.29, 1.82) is 0 Å². The van der Waals surface area contributed by atoms with E-state index in [9.17, 15) is 14.4 Å². The molecule has 0 aliphatic carbocycles. The van der Waals surface area contributed by atoms with Gasteiger partial charge in [-0.15, -0.1) is 0 Å². The van der Waals surface area contributed by atoms with Crippen molar-refractivity contribution in [3.8, 4) is 0 Å². The lowest BCUT2D eigenvalue weighted by molar-refractivity contribution is -0.140. The number of primary amides is 1. The number of rotatable bonds is 5. The average molecular weight is 226 g/mol. The van der Waals surface area contributed by atoms with Crippen LogP contribution in [0.5, 0.6) is 0 Å². The topological polar surface area (TPSA) is 138 Å². The van der Waals surface area contributed by atoms with Gasteiger partial charge in [-0.05, 0) is 0 Å². The van der Waals surface area contributed by atoms with E-state index in [1.165, 1.54) is 12.4 Å². The van der Waals surface area contributed by atoms with E-state index in [2.05, 4.69) is 15.5 Å². The first kappa shape index (κ1) is 11.7. The lowest BCUT2D eigenvalue weighted by Crippen LogP contribution is -2.43. The second-order valence-electron chi connectivity index (χ2n) is 3.02. The summed E-state index contributed by atoms with van der Waals surface area (Å²) in [4.78, 5) is 32.7. The third-order valence-corrected chi connectivity index (χ3v) is 1.77. The van der Waals surface area contributed by atoms with Crippen LogP contribution in [-0.2, 0) is 9.59 Å². The van der Waals surface area contributed by atoms with Crippen LogP contribution >= 0.6 is 0 Å². The average Bonchev–Trinajstić information content (AvgIpc) is 2.68. The third kappa shape index (κ3) is 3.08. The summed E-state index contributed by atoms with van der Waals surface area (Å²) in [5.41, 5.74) is 5.03. The van der Waals surface area contributed by atoms with Crippen LogP contribution in [0.3, 0.4) is 0 Å². The minimum atomic E-state index is -1.33. The van der Waals surface area contributed by atoms with Crippen molar-refractivity contribution < 1.29 is 19.5 Å². The van der Waals surface area contributed by atoms with Gasteiger partial charge in [0.15, 0.2) is 0 Å². The Labute approximate surface area is 89.8 Å². The maximum atomic E-state index is 11.4. The van der Waals surface area contributed by atoms with Gasteiger partial charge in [-0.1, -0.05) is 0 Å². The van der Waals surface area contributed by atoms with E-state index in [0.717, 1.165) is 0 Å². The largest absolute Gasteiger partial charge is 0.480 e. The molecule has 5 N–H and O–H groups in total. The maximum Gasteiger partial charge on any atom is 0.326 e. The Morgan fingerprint density at radius 2 is 2.25 bits per heavy atom. The molecule has 1 atom stereocenters. The van der Waals surface area contributed by atoms with Gasteiger partial charge in [0.1, 0.15) is 6.04 Å². The first-order valence-electron chi connectivity index (χ1n) is 4.31. The molecule has 0 bridgehead atoms. The Morgan fingerprint density at radius 1 is 1.56 bits per heavy atom. The number of nitrogens with zero attached hydrogens (tertiary/aromatic N) is 1. The van der Waals surface area contributed by atoms with Crippen LogP contribution in [0.2, 0.25) is 0 Å². The van der Waals surface area contributed by atoms with E-state index < -0.39 is 30.2 Å². The molecule has 1 aromatic heterocycles. The van der Waals surface area contributed by atoms with Gasteiger partial charge in [0, 0.05) is 6.20 Å². The highest BCUT2D eigenvalue weighted by atomic mass is 16.4. The summed E-state index contributed by atoms with van der Waals surface area (Å²) in [6.45, 7) is 0. The molecule has 86 valence electrons. The molecular formula is C8H10N4O4. The van der Waals surface area contributed by atoms with Crippen molar-refractivity contribution in [3.05, 3.63) is 18.0 Å². The molecule has 0 saturated carbocycles. The highest BCUT2D eigenvalue weighted by Gasteiger charge is 2.22. The zero-order valence-corrected chi connectivity index (χ0v) is 8.14. The minimum absolute atomic E-state index is 0.177. The van der Waals surface area contributed by atoms with Gasteiger partial charge in [0.05, 0.1) is 18.2 Å². The first-order valence-corrected chi connectivity index (χ1v) is 4.31. The number of hydrogen-bond acceptors (Lipinski definition) is 4. The Kier molecular flexibility index (Phi) is 3.59. The van der Waals surface area contributed by atoms with Crippen molar-refractivity contribution in [3.63, 3.8) is 0 Å². The number of aromatic nitrogens is 2. The molecule has 8 heteroatoms. The quantitative estimate of drug-likeness (QED) is 0.482. The summed E-state index contributed by atoms with van der Waals surface area (Å²) < 4.78 is 0. The summed E-state index contributed by atoms with van der Waals surface area (Å²) in [5, 5.41) is 16.8. The number of carboxylic acids is 1. The van der Waals surface area contributed by atoms with Crippen LogP contribution in [0.4, 0.5) is 0 Å². The molecule has 0 fully saturated rings. The summed E-state index contributed by atoms with van der Waals surface area (Å²) in [6, 6.07) is -1.33. The lowest BCUT2D eigenvalue weighted by atomic mass is 10.2. The molecule has 1 aromatic rings. The molecule has 2 amide bonds. The molecular weight excluding hydrogens is 216 g/mol. The van der Waals surface area contributed by atoms with Gasteiger partial charge in [-0.2, -0.15) is 5.10 Å². The summed E-state index contributed by atoms with van der Waals surface area (Å²) >= 11 is 0. The number of carboxylic acid groups (broad SMARTS) is 1. The van der Waals surface area contributed by atoms with Gasteiger partial charge in [-0.3, -0.25) is 14.7 Å². The van der Waals surface area contributed by atoms with E-state index in [1.807, 2.05) is 0 Å². The van der Waals surface area contributed by atoms with Crippen molar-refractivity contribution in [2.24, 2.45) is 5.73 Å². The van der Waals surface area contributed by atoms with E-state index in [0.29, 0.717) is 0 Å². The SMILES string of the molecule is NC(=O)C[C@@H](NC(=O)c1cn[nH]c1)C(=O)O. The number of aliphatic carboxylic acids is 1. The van der Waals surface area contributed by atoms with E-state index in [-0.39, 0.29) is 5.56 Å². The number of hydrogen-bond donors (Lipinski definition) is 4. The second kappa shape index (κ2) is 4.91. The second-order valence-corrected chi connectivity index (χ2v) is 3.02. The zero-order chi connectivity index (χ0) is 12.1. The number of nitrogens with two attached hydrogens (primary N) is 1. The zero-order valence-electron chi connectivity index (χ0n) is 8.14. The van der Waals surface area contributed by atoms with Crippen LogP contribution in [0.15, 0.2) is 12.4 Å². The van der Waals surface area contributed by atoms with Crippen LogP contribution in [-0.4, -0.2) is 39.1 Å². The van der Waals surface area contributed by atoms with Gasteiger partial charge in [0.25, 0.3) is 5.91 Å². The smallest absolute Gasteiger partial charge is 0.326 e. The molecule has 0 unspecified atom stereocenters. The Bertz CT molecular complexity index is 400. The van der Waals surface area contributed by atoms with Crippen molar-refractivity contribution in [1.82, 2.24) is 15.5 Å². The molecule has 0 aromatic carbocycles. The Hall–Kier alpha value is -2.38. The number of nitrogens with one attached hydrogen (secondary N) is 2. The van der Waals surface area contributed by atoms with Crippen molar-refractivity contribution in [2.45, 2.75) is 12.5 Å². The molecule has 0 saturated heterocycles. The minimum Gasteiger partial charge on any atom is -0.480 e. The normalized spacial score (nSPS) is 11.8. The monoisotopic (exact) mass is 226 g/mol. The molecule has 16 heavy (non-hydrogen) atoms. The van der Waals surface area contributed by atoms with E-state index >= 15 is 0 Å². The van der Waals surface area contributed by atoms with Crippen LogP contribution in [0, 0.1) is 0 Å².